The topological polar surface area (TPSA) is 121 Å². The van der Waals surface area contributed by atoms with Gasteiger partial charge in [-0.05, 0) is 31.9 Å². The molecule has 1 aliphatic rings. The number of carbonyl (C=O) groups is 1. The van der Waals surface area contributed by atoms with Gasteiger partial charge in [0.1, 0.15) is 6.33 Å². The van der Waals surface area contributed by atoms with Gasteiger partial charge in [-0.3, -0.25) is 14.9 Å². The van der Waals surface area contributed by atoms with Crippen molar-refractivity contribution in [1.82, 2.24) is 9.97 Å². The summed E-state index contributed by atoms with van der Waals surface area (Å²) in [6.45, 7) is 2.76. The number of rotatable bonds is 5. The van der Waals surface area contributed by atoms with E-state index in [9.17, 15) is 14.9 Å². The zero-order chi connectivity index (χ0) is 18.7. The van der Waals surface area contributed by atoms with E-state index in [0.717, 1.165) is 5.56 Å². The van der Waals surface area contributed by atoms with Gasteiger partial charge in [0.2, 0.25) is 11.6 Å². The van der Waals surface area contributed by atoms with Gasteiger partial charge in [-0.2, -0.15) is 0 Å². The Morgan fingerprint density at radius 1 is 1.27 bits per heavy atom. The first kappa shape index (κ1) is 17.6. The summed E-state index contributed by atoms with van der Waals surface area (Å²) in [6, 6.07) is 7.43. The second-order valence-corrected chi connectivity index (χ2v) is 6.24. The van der Waals surface area contributed by atoms with Crippen molar-refractivity contribution >= 4 is 29.0 Å². The van der Waals surface area contributed by atoms with Crippen LogP contribution in [0.2, 0.25) is 0 Å². The molecule has 0 saturated carbocycles. The van der Waals surface area contributed by atoms with Gasteiger partial charge in [0, 0.05) is 18.8 Å². The Kier molecular flexibility index (Phi) is 4.97. The number of carboxylic acids is 1. The summed E-state index contributed by atoms with van der Waals surface area (Å²) >= 11 is 0. The van der Waals surface area contributed by atoms with Crippen LogP contribution in [-0.2, 0) is 4.79 Å². The molecule has 1 saturated heterocycles. The molecule has 1 aromatic carbocycles. The molecule has 0 bridgehead atoms. The van der Waals surface area contributed by atoms with Crippen molar-refractivity contribution in [2.75, 3.05) is 23.3 Å². The minimum Gasteiger partial charge on any atom is -0.481 e. The van der Waals surface area contributed by atoms with E-state index >= 15 is 0 Å². The van der Waals surface area contributed by atoms with Gasteiger partial charge in [-0.15, -0.1) is 0 Å². The van der Waals surface area contributed by atoms with Crippen LogP contribution in [-0.4, -0.2) is 39.1 Å². The van der Waals surface area contributed by atoms with E-state index < -0.39 is 16.8 Å². The van der Waals surface area contributed by atoms with Gasteiger partial charge in [-0.25, -0.2) is 9.97 Å². The smallest absolute Gasteiger partial charge is 0.353 e. The van der Waals surface area contributed by atoms with E-state index in [1.807, 2.05) is 31.2 Å². The summed E-state index contributed by atoms with van der Waals surface area (Å²) < 4.78 is 0. The Bertz CT molecular complexity index is 816. The number of piperidine rings is 1. The highest BCUT2D eigenvalue weighted by atomic mass is 16.6. The van der Waals surface area contributed by atoms with Crippen molar-refractivity contribution in [2.24, 2.45) is 5.92 Å². The molecular weight excluding hydrogens is 338 g/mol. The lowest BCUT2D eigenvalue weighted by Gasteiger charge is -2.30. The van der Waals surface area contributed by atoms with Crippen LogP contribution in [0.4, 0.5) is 23.0 Å². The fourth-order valence-corrected chi connectivity index (χ4v) is 2.97. The van der Waals surface area contributed by atoms with Gasteiger partial charge in [0.25, 0.3) is 0 Å². The predicted molar refractivity (Wildman–Crippen MR) is 95.7 cm³/mol. The predicted octanol–water partition coefficient (Wildman–Crippen LogP) is 2.74. The van der Waals surface area contributed by atoms with Gasteiger partial charge in [0.15, 0.2) is 0 Å². The lowest BCUT2D eigenvalue weighted by atomic mass is 9.97. The highest BCUT2D eigenvalue weighted by molar-refractivity contribution is 5.75. The number of carboxylic acid groups (broad SMARTS) is 1. The largest absolute Gasteiger partial charge is 0.481 e. The quantitative estimate of drug-likeness (QED) is 0.619. The van der Waals surface area contributed by atoms with E-state index in [4.69, 9.17) is 5.11 Å². The first-order valence-electron chi connectivity index (χ1n) is 8.26. The molecule has 9 nitrogen and oxygen atoms in total. The number of hydrogen-bond acceptors (Lipinski definition) is 7. The third-order valence-electron chi connectivity index (χ3n) is 4.44. The van der Waals surface area contributed by atoms with E-state index in [-0.39, 0.29) is 17.3 Å². The molecule has 2 aromatic rings. The third-order valence-corrected chi connectivity index (χ3v) is 4.44. The fourth-order valence-electron chi connectivity index (χ4n) is 2.97. The number of aliphatic carboxylic acids is 1. The van der Waals surface area contributed by atoms with Gasteiger partial charge in [0.05, 0.1) is 10.8 Å². The molecule has 2 N–H and O–H groups in total. The molecule has 0 atom stereocenters. The van der Waals surface area contributed by atoms with Gasteiger partial charge in [-0.1, -0.05) is 17.7 Å². The average molecular weight is 357 g/mol. The van der Waals surface area contributed by atoms with Crippen LogP contribution in [0.15, 0.2) is 30.6 Å². The molecule has 3 rings (SSSR count). The Labute approximate surface area is 149 Å². The molecule has 2 heterocycles. The number of nitro groups is 1. The first-order chi connectivity index (χ1) is 12.5. The monoisotopic (exact) mass is 357 g/mol. The van der Waals surface area contributed by atoms with Crippen molar-refractivity contribution < 1.29 is 14.8 Å². The Morgan fingerprint density at radius 3 is 2.50 bits per heavy atom. The second-order valence-electron chi connectivity index (χ2n) is 6.24. The highest BCUT2D eigenvalue weighted by Gasteiger charge is 2.31. The molecule has 1 aromatic heterocycles. The summed E-state index contributed by atoms with van der Waals surface area (Å²) in [6.07, 6.45) is 2.14. The molecule has 1 fully saturated rings. The highest BCUT2D eigenvalue weighted by Crippen LogP contribution is 2.35. The lowest BCUT2D eigenvalue weighted by molar-refractivity contribution is -0.383. The second kappa shape index (κ2) is 7.34. The molecule has 26 heavy (non-hydrogen) atoms. The summed E-state index contributed by atoms with van der Waals surface area (Å²) in [5.74, 6) is -0.923. The zero-order valence-electron chi connectivity index (χ0n) is 14.3. The van der Waals surface area contributed by atoms with Gasteiger partial charge >= 0.3 is 11.7 Å². The number of nitrogens with zero attached hydrogens (tertiary/aromatic N) is 4. The number of aromatic nitrogens is 2. The van der Waals surface area contributed by atoms with Crippen LogP contribution in [0.25, 0.3) is 0 Å². The molecule has 0 radical (unpaired) electrons. The summed E-state index contributed by atoms with van der Waals surface area (Å²) in [7, 11) is 0. The molecule has 1 aliphatic heterocycles. The summed E-state index contributed by atoms with van der Waals surface area (Å²) in [4.78, 5) is 32.1. The lowest BCUT2D eigenvalue weighted by Crippen LogP contribution is -2.37. The van der Waals surface area contributed by atoms with Crippen LogP contribution in [0, 0.1) is 23.0 Å². The maximum Gasteiger partial charge on any atom is 0.353 e. The SMILES string of the molecule is Cc1ccc(Nc2ncnc(N3CCC(C(=O)O)CC3)c2[N+](=O)[O-])cc1. The number of benzene rings is 1. The first-order valence-corrected chi connectivity index (χ1v) is 8.26. The standard InChI is InChI=1S/C17H19N5O4/c1-11-2-4-13(5-3-11)20-15-14(22(25)26)16(19-10-18-15)21-8-6-12(7-9-21)17(23)24/h2-5,10,12H,6-9H2,1H3,(H,23,24)(H,18,19,20). The Balaban J connectivity index is 1.88. The minimum absolute atomic E-state index is 0.115. The van der Waals surface area contributed by atoms with Crippen molar-refractivity contribution in [3.8, 4) is 0 Å². The zero-order valence-corrected chi connectivity index (χ0v) is 14.3. The maximum absolute atomic E-state index is 11.7. The molecule has 0 aliphatic carbocycles. The van der Waals surface area contributed by atoms with Gasteiger partial charge < -0.3 is 15.3 Å². The van der Waals surface area contributed by atoms with Crippen molar-refractivity contribution in [3.05, 3.63) is 46.3 Å². The van der Waals surface area contributed by atoms with Crippen molar-refractivity contribution in [2.45, 2.75) is 19.8 Å². The van der Waals surface area contributed by atoms with Crippen LogP contribution in [0.5, 0.6) is 0 Å². The Hall–Kier alpha value is -3.23. The maximum atomic E-state index is 11.7. The summed E-state index contributed by atoms with van der Waals surface area (Å²) in [5.41, 5.74) is 1.56. The molecule has 0 spiro atoms. The minimum atomic E-state index is -0.830. The van der Waals surface area contributed by atoms with Crippen LogP contribution in [0.1, 0.15) is 18.4 Å². The van der Waals surface area contributed by atoms with E-state index in [1.54, 1.807) is 4.90 Å². The number of nitrogens with one attached hydrogen (secondary N) is 1. The molecule has 0 amide bonds. The molecule has 0 unspecified atom stereocenters. The fraction of sp³-hybridized carbons (Fsp3) is 0.353. The van der Waals surface area contributed by atoms with Crippen molar-refractivity contribution in [1.29, 1.82) is 0 Å². The van der Waals surface area contributed by atoms with Crippen LogP contribution >= 0.6 is 0 Å². The average Bonchev–Trinajstić information content (AvgIpc) is 2.63. The van der Waals surface area contributed by atoms with E-state index in [2.05, 4.69) is 15.3 Å². The van der Waals surface area contributed by atoms with Crippen LogP contribution in [0.3, 0.4) is 0 Å². The Morgan fingerprint density at radius 2 is 1.92 bits per heavy atom. The van der Waals surface area contributed by atoms with E-state index in [0.29, 0.717) is 31.6 Å². The molecular formula is C17H19N5O4. The van der Waals surface area contributed by atoms with Crippen LogP contribution < -0.4 is 10.2 Å². The van der Waals surface area contributed by atoms with Crippen molar-refractivity contribution in [3.63, 3.8) is 0 Å². The molecule has 9 heteroatoms. The van der Waals surface area contributed by atoms with E-state index in [1.165, 1.54) is 6.33 Å². The molecule has 136 valence electrons. The number of anilines is 3. The number of hydrogen-bond donors (Lipinski definition) is 2. The number of aryl methyl sites for hydroxylation is 1. The summed E-state index contributed by atoms with van der Waals surface area (Å²) in [5, 5.41) is 23.7. The third kappa shape index (κ3) is 3.71. The normalized spacial score (nSPS) is 14.9.